The molecule has 0 aliphatic rings. The smallest absolute Gasteiger partial charge is 0.0558 e. The Morgan fingerprint density at radius 1 is 1.22 bits per heavy atom. The molecule has 0 saturated heterocycles. The van der Waals surface area contributed by atoms with Crippen LogP contribution in [0.2, 0.25) is 0 Å². The molecule has 0 aliphatic heterocycles. The molecule has 0 heterocycles. The minimum absolute atomic E-state index is 0. The summed E-state index contributed by atoms with van der Waals surface area (Å²) >= 11 is 0. The van der Waals surface area contributed by atoms with Crippen molar-refractivity contribution >= 4 is 51.4 Å². The molecule has 9 heavy (non-hydrogen) atoms. The fraction of sp³-hybridized carbons (Fsp3) is 1.00. The minimum Gasteiger partial charge on any atom is -0.395 e. The first-order valence-corrected chi connectivity index (χ1v) is 3.18. The van der Waals surface area contributed by atoms with Gasteiger partial charge in [-0.15, -0.1) is 0 Å². The van der Waals surface area contributed by atoms with E-state index in [2.05, 4.69) is 18.7 Å². The Kier molecular flexibility index (Phi) is 14.0. The molecule has 0 bridgehead atoms. The van der Waals surface area contributed by atoms with Gasteiger partial charge in [0.05, 0.1) is 6.61 Å². The average Bonchev–Trinajstić information content (AvgIpc) is 1.83. The topological polar surface area (TPSA) is 23.5 Å². The first-order valence-electron chi connectivity index (χ1n) is 3.18. The second-order valence-electron chi connectivity index (χ2n) is 1.75. The molecular weight excluding hydrogens is 141 g/mol. The second-order valence-corrected chi connectivity index (χ2v) is 1.75. The van der Waals surface area contributed by atoms with Crippen LogP contribution in [-0.4, -0.2) is 87.6 Å². The summed E-state index contributed by atoms with van der Waals surface area (Å²) in [6, 6.07) is 0. The maximum atomic E-state index is 8.46. The van der Waals surface area contributed by atoms with Gasteiger partial charge in [-0.25, -0.2) is 0 Å². The van der Waals surface area contributed by atoms with Crippen LogP contribution in [0, 0.1) is 0 Å². The van der Waals surface area contributed by atoms with Crippen LogP contribution >= 0.6 is 0 Å². The summed E-state index contributed by atoms with van der Waals surface area (Å²) in [7, 11) is 0. The summed E-state index contributed by atoms with van der Waals surface area (Å²) in [4.78, 5) is 2.18. The average molecular weight is 156 g/mol. The van der Waals surface area contributed by atoms with Gasteiger partial charge in [-0.05, 0) is 13.1 Å². The van der Waals surface area contributed by atoms with Gasteiger partial charge in [0.1, 0.15) is 0 Å². The van der Waals surface area contributed by atoms with E-state index in [1.54, 1.807) is 0 Å². The van der Waals surface area contributed by atoms with Crippen LogP contribution in [-0.2, 0) is 0 Å². The van der Waals surface area contributed by atoms with E-state index >= 15 is 0 Å². The van der Waals surface area contributed by atoms with Gasteiger partial charge in [0.15, 0.2) is 0 Å². The molecule has 1 N–H and O–H groups in total. The molecule has 51 valence electrons. The third-order valence-electron chi connectivity index (χ3n) is 1.31. The van der Waals surface area contributed by atoms with E-state index in [0.29, 0.717) is 0 Å². The number of aliphatic hydroxyl groups excluding tert-OH is 1. The largest absolute Gasteiger partial charge is 0.395 e. The van der Waals surface area contributed by atoms with Crippen molar-refractivity contribution in [1.82, 2.24) is 4.90 Å². The van der Waals surface area contributed by atoms with Crippen LogP contribution in [0.1, 0.15) is 13.8 Å². The van der Waals surface area contributed by atoms with Crippen LogP contribution < -0.4 is 0 Å². The summed E-state index contributed by atoms with van der Waals surface area (Å²) in [6.07, 6.45) is 0. The molecule has 2 nitrogen and oxygen atoms in total. The zero-order chi connectivity index (χ0) is 6.41. The molecule has 3 heteroatoms. The Morgan fingerprint density at radius 2 is 1.67 bits per heavy atom. The van der Waals surface area contributed by atoms with Gasteiger partial charge in [-0.1, -0.05) is 13.8 Å². The van der Waals surface area contributed by atoms with Gasteiger partial charge in [-0.3, -0.25) is 0 Å². The fourth-order valence-corrected chi connectivity index (χ4v) is 0.681. The van der Waals surface area contributed by atoms with Crippen molar-refractivity contribution in [2.24, 2.45) is 0 Å². The Balaban J connectivity index is 0. The van der Waals surface area contributed by atoms with E-state index in [1.807, 2.05) is 0 Å². The molecule has 0 atom stereocenters. The van der Waals surface area contributed by atoms with E-state index in [1.165, 1.54) is 0 Å². The summed E-state index contributed by atoms with van der Waals surface area (Å²) in [5, 5.41) is 8.46. The number of nitrogens with zero attached hydrogens (tertiary/aromatic N) is 1. The normalized spacial score (nSPS) is 9.33. The monoisotopic (exact) mass is 156 g/mol. The predicted molar refractivity (Wildman–Crippen MR) is 40.6 cm³/mol. The van der Waals surface area contributed by atoms with Crippen molar-refractivity contribution in [3.05, 3.63) is 0 Å². The molecular formula is C6H15KNO. The molecule has 0 aliphatic carbocycles. The number of rotatable bonds is 4. The third-order valence-corrected chi connectivity index (χ3v) is 1.31. The summed E-state index contributed by atoms with van der Waals surface area (Å²) in [5.41, 5.74) is 0. The molecule has 0 aromatic rings. The van der Waals surface area contributed by atoms with Gasteiger partial charge in [0, 0.05) is 57.9 Å². The number of hydrogen-bond donors (Lipinski definition) is 1. The van der Waals surface area contributed by atoms with Crippen LogP contribution in [0.4, 0.5) is 0 Å². The summed E-state index contributed by atoms with van der Waals surface area (Å²) in [5.74, 6) is 0. The Hall–Kier alpha value is 1.56. The molecule has 0 rings (SSSR count). The van der Waals surface area contributed by atoms with Crippen molar-refractivity contribution in [2.45, 2.75) is 13.8 Å². The van der Waals surface area contributed by atoms with E-state index in [-0.39, 0.29) is 58.0 Å². The quantitative estimate of drug-likeness (QED) is 0.576. The third kappa shape index (κ3) is 7.45. The SMILES string of the molecule is CCN(CC)CCO.[K]. The molecule has 0 unspecified atom stereocenters. The molecule has 0 spiro atoms. The summed E-state index contributed by atoms with van der Waals surface area (Å²) < 4.78 is 0. The Labute approximate surface area is 100 Å². The standard InChI is InChI=1S/C6H15NO.K/c1-3-7(4-2)5-6-8;/h8H,3-6H2,1-2H3;. The van der Waals surface area contributed by atoms with Crippen molar-refractivity contribution < 1.29 is 5.11 Å². The van der Waals surface area contributed by atoms with E-state index in [4.69, 9.17) is 5.11 Å². The predicted octanol–water partition coefficient (Wildman–Crippen LogP) is -0.0603. The van der Waals surface area contributed by atoms with Crippen molar-refractivity contribution in [2.75, 3.05) is 26.2 Å². The van der Waals surface area contributed by atoms with Crippen LogP contribution in [0.5, 0.6) is 0 Å². The second kappa shape index (κ2) is 9.56. The first kappa shape index (κ1) is 13.2. The molecule has 1 radical (unpaired) electrons. The van der Waals surface area contributed by atoms with Gasteiger partial charge in [0.2, 0.25) is 0 Å². The Bertz CT molecular complexity index is 48.3. The molecule has 0 aromatic carbocycles. The van der Waals surface area contributed by atoms with E-state index < -0.39 is 0 Å². The first-order chi connectivity index (χ1) is 3.85. The number of likely N-dealkylation sites (N-methyl/N-ethyl adjacent to an activating group) is 1. The zero-order valence-corrected chi connectivity index (χ0v) is 9.85. The van der Waals surface area contributed by atoms with Crippen LogP contribution in [0.3, 0.4) is 0 Å². The van der Waals surface area contributed by atoms with Crippen molar-refractivity contribution in [3.63, 3.8) is 0 Å². The van der Waals surface area contributed by atoms with Crippen molar-refractivity contribution in [3.8, 4) is 0 Å². The molecule has 0 aromatic heterocycles. The molecule has 0 fully saturated rings. The number of hydrogen-bond acceptors (Lipinski definition) is 2. The minimum atomic E-state index is 0. The van der Waals surface area contributed by atoms with Crippen LogP contribution in [0.15, 0.2) is 0 Å². The van der Waals surface area contributed by atoms with E-state index in [9.17, 15) is 0 Å². The summed E-state index contributed by atoms with van der Waals surface area (Å²) in [6.45, 7) is 7.36. The zero-order valence-electron chi connectivity index (χ0n) is 6.72. The van der Waals surface area contributed by atoms with Gasteiger partial charge in [-0.2, -0.15) is 0 Å². The van der Waals surface area contributed by atoms with Gasteiger partial charge in [0.25, 0.3) is 0 Å². The Morgan fingerprint density at radius 3 is 1.78 bits per heavy atom. The van der Waals surface area contributed by atoms with Crippen molar-refractivity contribution in [1.29, 1.82) is 0 Å². The molecule has 0 amide bonds. The van der Waals surface area contributed by atoms with Gasteiger partial charge < -0.3 is 10.0 Å². The van der Waals surface area contributed by atoms with Gasteiger partial charge >= 0.3 is 0 Å². The fourth-order valence-electron chi connectivity index (χ4n) is 0.681. The number of aliphatic hydroxyl groups is 1. The molecule has 0 saturated carbocycles. The van der Waals surface area contributed by atoms with Crippen LogP contribution in [0.25, 0.3) is 0 Å². The van der Waals surface area contributed by atoms with E-state index in [0.717, 1.165) is 19.6 Å². The maximum absolute atomic E-state index is 8.46. The maximum Gasteiger partial charge on any atom is 0.0558 e.